The van der Waals surface area contributed by atoms with Crippen LogP contribution >= 0.6 is 11.6 Å². The van der Waals surface area contributed by atoms with E-state index in [9.17, 15) is 0 Å². The minimum atomic E-state index is -1.61. The van der Waals surface area contributed by atoms with Gasteiger partial charge in [-0.2, -0.15) is 0 Å². The maximum absolute atomic E-state index is 9.00. The Hall–Kier alpha value is -0.745. The quantitative estimate of drug-likeness (QED) is 0.550. The highest BCUT2D eigenvalue weighted by molar-refractivity contribution is 6.60. The van der Waals surface area contributed by atoms with Crippen molar-refractivity contribution >= 4 is 24.2 Å². The summed E-state index contributed by atoms with van der Waals surface area (Å²) in [6, 6.07) is 4.58. The normalized spacial score (nSPS) is 10.0. The molecule has 0 saturated heterocycles. The van der Waals surface area contributed by atoms with Gasteiger partial charge in [0.15, 0.2) is 6.79 Å². The maximum Gasteiger partial charge on any atom is 0.492 e. The molecule has 0 spiro atoms. The van der Waals surface area contributed by atoms with Crippen LogP contribution in [0.5, 0.6) is 5.75 Å². The number of hydrogen-bond donors (Lipinski definition) is 2. The molecule has 14 heavy (non-hydrogen) atoms. The first-order valence-electron chi connectivity index (χ1n) is 3.92. The van der Waals surface area contributed by atoms with Gasteiger partial charge >= 0.3 is 7.12 Å². The lowest BCUT2D eigenvalue weighted by atomic mass is 9.79. The summed E-state index contributed by atoms with van der Waals surface area (Å²) in [6.45, 7) is 0.0430. The van der Waals surface area contributed by atoms with Crippen molar-refractivity contribution in [3.8, 4) is 5.75 Å². The molecule has 0 aliphatic heterocycles. The maximum atomic E-state index is 9.00. The number of benzene rings is 1. The Kier molecular flexibility index (Phi) is 4.22. The third-order valence-electron chi connectivity index (χ3n) is 1.58. The summed E-state index contributed by atoms with van der Waals surface area (Å²) in [5.41, 5.74) is 0.217. The van der Waals surface area contributed by atoms with Crippen molar-refractivity contribution in [1.29, 1.82) is 0 Å². The lowest BCUT2D eigenvalue weighted by Gasteiger charge is -2.10. The zero-order valence-corrected chi connectivity index (χ0v) is 8.36. The molecule has 1 aromatic rings. The van der Waals surface area contributed by atoms with Crippen LogP contribution in [0.2, 0.25) is 5.02 Å². The Morgan fingerprint density at radius 2 is 2.14 bits per heavy atom. The molecule has 1 aromatic carbocycles. The second kappa shape index (κ2) is 5.21. The van der Waals surface area contributed by atoms with Gasteiger partial charge in [-0.1, -0.05) is 11.6 Å². The van der Waals surface area contributed by atoms with Crippen LogP contribution in [0.15, 0.2) is 18.2 Å². The number of methoxy groups -OCH3 is 1. The van der Waals surface area contributed by atoms with E-state index in [1.165, 1.54) is 13.2 Å². The van der Waals surface area contributed by atoms with E-state index in [1.54, 1.807) is 12.1 Å². The Morgan fingerprint density at radius 3 is 2.71 bits per heavy atom. The summed E-state index contributed by atoms with van der Waals surface area (Å²) in [4.78, 5) is 0. The van der Waals surface area contributed by atoms with Crippen molar-refractivity contribution in [3.63, 3.8) is 0 Å². The van der Waals surface area contributed by atoms with Gasteiger partial charge in [0.2, 0.25) is 0 Å². The average molecular weight is 216 g/mol. The zero-order chi connectivity index (χ0) is 10.6. The summed E-state index contributed by atoms with van der Waals surface area (Å²) in [5, 5.41) is 18.4. The molecule has 0 unspecified atom stereocenters. The van der Waals surface area contributed by atoms with E-state index < -0.39 is 7.12 Å². The standard InChI is InChI=1S/C8H10BClO4/c1-13-5-14-8-3-2-6(10)4-7(8)9(11)12/h2-4,11-12H,5H2,1H3. The minimum Gasteiger partial charge on any atom is -0.468 e. The monoisotopic (exact) mass is 216 g/mol. The number of ether oxygens (including phenoxy) is 2. The van der Waals surface area contributed by atoms with Crippen LogP contribution in [0.3, 0.4) is 0 Å². The van der Waals surface area contributed by atoms with Crippen molar-refractivity contribution in [2.75, 3.05) is 13.9 Å². The first-order chi connectivity index (χ1) is 6.65. The smallest absolute Gasteiger partial charge is 0.468 e. The van der Waals surface area contributed by atoms with Gasteiger partial charge in [-0.05, 0) is 18.2 Å². The van der Waals surface area contributed by atoms with Gasteiger partial charge in [0.1, 0.15) is 5.75 Å². The highest BCUT2D eigenvalue weighted by Crippen LogP contribution is 2.14. The van der Waals surface area contributed by atoms with Gasteiger partial charge in [0.25, 0.3) is 0 Å². The summed E-state index contributed by atoms with van der Waals surface area (Å²) in [7, 11) is -0.133. The van der Waals surface area contributed by atoms with Crippen molar-refractivity contribution in [3.05, 3.63) is 23.2 Å². The number of halogens is 1. The van der Waals surface area contributed by atoms with Crippen LogP contribution in [0.4, 0.5) is 0 Å². The van der Waals surface area contributed by atoms with E-state index in [-0.39, 0.29) is 12.3 Å². The van der Waals surface area contributed by atoms with Gasteiger partial charge in [0.05, 0.1) is 0 Å². The molecule has 0 radical (unpaired) electrons. The average Bonchev–Trinajstić information content (AvgIpc) is 2.15. The molecule has 0 aliphatic carbocycles. The lowest BCUT2D eigenvalue weighted by molar-refractivity contribution is 0.0517. The first-order valence-corrected chi connectivity index (χ1v) is 4.30. The second-order valence-electron chi connectivity index (χ2n) is 2.61. The summed E-state index contributed by atoms with van der Waals surface area (Å²) in [6.07, 6.45) is 0. The topological polar surface area (TPSA) is 58.9 Å². The van der Waals surface area contributed by atoms with E-state index in [0.29, 0.717) is 10.8 Å². The van der Waals surface area contributed by atoms with Crippen LogP contribution in [0.1, 0.15) is 0 Å². The van der Waals surface area contributed by atoms with Crippen LogP contribution in [-0.2, 0) is 4.74 Å². The third kappa shape index (κ3) is 2.89. The molecule has 0 aromatic heterocycles. The van der Waals surface area contributed by atoms with Gasteiger partial charge in [-0.3, -0.25) is 0 Å². The molecule has 4 nitrogen and oxygen atoms in total. The van der Waals surface area contributed by atoms with Crippen molar-refractivity contribution < 1.29 is 19.5 Å². The van der Waals surface area contributed by atoms with Crippen molar-refractivity contribution in [1.82, 2.24) is 0 Å². The summed E-state index contributed by atoms with van der Waals surface area (Å²) < 4.78 is 9.79. The summed E-state index contributed by atoms with van der Waals surface area (Å²) in [5.74, 6) is 0.339. The molecule has 0 fully saturated rings. The zero-order valence-electron chi connectivity index (χ0n) is 7.61. The van der Waals surface area contributed by atoms with Gasteiger partial charge < -0.3 is 19.5 Å². The molecular formula is C8H10BClO4. The molecule has 0 heterocycles. The number of hydrogen-bond acceptors (Lipinski definition) is 4. The fraction of sp³-hybridized carbons (Fsp3) is 0.250. The molecule has 0 amide bonds. The highest BCUT2D eigenvalue weighted by Gasteiger charge is 2.17. The summed E-state index contributed by atoms with van der Waals surface area (Å²) >= 11 is 5.69. The molecule has 0 saturated carbocycles. The van der Waals surface area contributed by atoms with E-state index in [1.807, 2.05) is 0 Å². The van der Waals surface area contributed by atoms with E-state index in [0.717, 1.165) is 0 Å². The fourth-order valence-corrected chi connectivity index (χ4v) is 1.16. The Bertz CT molecular complexity index is 305. The highest BCUT2D eigenvalue weighted by atomic mass is 35.5. The van der Waals surface area contributed by atoms with Gasteiger partial charge in [0, 0.05) is 17.6 Å². The molecule has 1 rings (SSSR count). The fourth-order valence-electron chi connectivity index (χ4n) is 0.975. The van der Waals surface area contributed by atoms with Crippen LogP contribution in [0.25, 0.3) is 0 Å². The van der Waals surface area contributed by atoms with E-state index >= 15 is 0 Å². The SMILES string of the molecule is COCOc1ccc(Cl)cc1B(O)O. The van der Waals surface area contributed by atoms with E-state index in [2.05, 4.69) is 0 Å². The van der Waals surface area contributed by atoms with E-state index in [4.69, 9.17) is 31.1 Å². The lowest BCUT2D eigenvalue weighted by Crippen LogP contribution is -2.31. The molecular weight excluding hydrogens is 206 g/mol. The Labute approximate surface area is 87.2 Å². The Balaban J connectivity index is 2.90. The van der Waals surface area contributed by atoms with Crippen LogP contribution in [-0.4, -0.2) is 31.1 Å². The molecule has 6 heteroatoms. The first kappa shape index (κ1) is 11.3. The minimum absolute atomic E-state index is 0.0430. The predicted molar refractivity (Wildman–Crippen MR) is 53.8 cm³/mol. The van der Waals surface area contributed by atoms with Crippen molar-refractivity contribution in [2.45, 2.75) is 0 Å². The predicted octanol–water partition coefficient (Wildman–Crippen LogP) is 0.00250. The van der Waals surface area contributed by atoms with Crippen molar-refractivity contribution in [2.24, 2.45) is 0 Å². The third-order valence-corrected chi connectivity index (χ3v) is 1.82. The van der Waals surface area contributed by atoms with Gasteiger partial charge in [-0.15, -0.1) is 0 Å². The molecule has 0 bridgehead atoms. The van der Waals surface area contributed by atoms with Crippen LogP contribution < -0.4 is 10.2 Å². The Morgan fingerprint density at radius 1 is 1.43 bits per heavy atom. The second-order valence-corrected chi connectivity index (χ2v) is 3.04. The largest absolute Gasteiger partial charge is 0.492 e. The molecule has 0 aliphatic rings. The molecule has 2 N–H and O–H groups in total. The molecule has 76 valence electrons. The molecule has 0 atom stereocenters. The number of rotatable bonds is 4. The van der Waals surface area contributed by atoms with Gasteiger partial charge in [-0.25, -0.2) is 0 Å². The van der Waals surface area contributed by atoms with Crippen LogP contribution in [0, 0.1) is 0 Å².